The van der Waals surface area contributed by atoms with E-state index in [2.05, 4.69) is 0 Å². The van der Waals surface area contributed by atoms with Gasteiger partial charge in [0.25, 0.3) is 11.8 Å². The maximum Gasteiger partial charge on any atom is 0.573 e. The topological polar surface area (TPSA) is 140 Å². The molecule has 0 saturated carbocycles. The monoisotopic (exact) mass is 409 g/mol. The zero-order chi connectivity index (χ0) is 21.0. The van der Waals surface area contributed by atoms with Crippen LogP contribution >= 0.6 is 0 Å². The summed E-state index contributed by atoms with van der Waals surface area (Å²) in [6, 6.07) is 0. The van der Waals surface area contributed by atoms with Gasteiger partial charge in [-0.2, -0.15) is 4.79 Å². The van der Waals surface area contributed by atoms with E-state index in [4.69, 9.17) is 14.4 Å². The van der Waals surface area contributed by atoms with Crippen molar-refractivity contribution in [2.45, 2.75) is 57.5 Å². The molecule has 2 aliphatic heterocycles. The smallest absolute Gasteiger partial charge is 0.460 e. The largest absolute Gasteiger partial charge is 0.573 e. The second-order valence-electron chi connectivity index (χ2n) is 6.87. The van der Waals surface area contributed by atoms with Gasteiger partial charge in [-0.1, -0.05) is 6.08 Å². The van der Waals surface area contributed by atoms with Gasteiger partial charge in [-0.25, -0.2) is 9.59 Å². The number of allylic oxidation sites excluding steroid dienone is 1. The summed E-state index contributed by atoms with van der Waals surface area (Å²) in [6.07, 6.45) is 3.16. The number of hydroxylamine groups is 3. The van der Waals surface area contributed by atoms with Crippen molar-refractivity contribution in [2.24, 2.45) is 5.92 Å². The lowest BCUT2D eigenvalue weighted by molar-refractivity contribution is -0.695. The van der Waals surface area contributed by atoms with Crippen LogP contribution in [0.3, 0.4) is 0 Å². The summed E-state index contributed by atoms with van der Waals surface area (Å²) in [5.41, 5.74) is 0. The molecule has 1 N–H and O–H groups in total. The number of carbonyl (C=O) groups excluding carboxylic acids is 5. The van der Waals surface area contributed by atoms with Crippen molar-refractivity contribution in [3.8, 4) is 0 Å². The Bertz CT molecular complexity index is 785. The van der Waals surface area contributed by atoms with E-state index in [0.717, 1.165) is 0 Å². The van der Waals surface area contributed by atoms with Gasteiger partial charge in [-0.05, 0) is 31.8 Å². The van der Waals surface area contributed by atoms with Crippen LogP contribution in [0.15, 0.2) is 12.2 Å². The van der Waals surface area contributed by atoms with Crippen molar-refractivity contribution in [2.75, 3.05) is 0 Å². The summed E-state index contributed by atoms with van der Waals surface area (Å²) in [5.74, 6) is -3.28. The van der Waals surface area contributed by atoms with E-state index in [1.165, 1.54) is 0 Å². The standard InChI is InChI=1S/C18H20N2O9/c21-13-7-8-14(22)19(13)28-17(25)11-3-1-2-4-12(6-5-11)27-18(26)29-20-15(23)9-10-16(20)24/h2,4,11-12H,1,3,5-10H2/p+1. The Labute approximate surface area is 165 Å². The lowest BCUT2D eigenvalue weighted by Crippen LogP contribution is -2.35. The van der Waals surface area contributed by atoms with Gasteiger partial charge >= 0.3 is 23.9 Å². The highest BCUT2D eigenvalue weighted by atomic mass is 16.8. The maximum atomic E-state index is 12.3. The summed E-state index contributed by atoms with van der Waals surface area (Å²) >= 11 is 0. The van der Waals surface area contributed by atoms with Crippen LogP contribution in [0.4, 0.5) is 4.79 Å². The molecule has 2 atom stereocenters. The van der Waals surface area contributed by atoms with Crippen LogP contribution in [-0.4, -0.2) is 56.8 Å². The number of carbonyl (C=O) groups is 5. The third kappa shape index (κ3) is 4.98. The second kappa shape index (κ2) is 8.84. The van der Waals surface area contributed by atoms with Crippen LogP contribution in [0, 0.1) is 5.92 Å². The molecule has 11 heteroatoms. The van der Waals surface area contributed by atoms with Gasteiger partial charge < -0.3 is 14.7 Å². The van der Waals surface area contributed by atoms with Gasteiger partial charge in [-0.15, -0.1) is 9.90 Å². The van der Waals surface area contributed by atoms with Crippen LogP contribution in [0.1, 0.15) is 51.4 Å². The van der Waals surface area contributed by atoms with E-state index in [1.807, 2.05) is 0 Å². The van der Waals surface area contributed by atoms with Gasteiger partial charge in [0.1, 0.15) is 10.8 Å². The highest BCUT2D eigenvalue weighted by molar-refractivity contribution is 6.01. The highest BCUT2D eigenvalue weighted by Gasteiger charge is 2.38. The van der Waals surface area contributed by atoms with Crippen LogP contribution in [-0.2, 0) is 33.6 Å². The molecule has 0 radical (unpaired) electrons. The molecule has 0 aromatic carbocycles. The van der Waals surface area contributed by atoms with E-state index in [1.54, 1.807) is 12.2 Å². The first-order chi connectivity index (χ1) is 13.8. The van der Waals surface area contributed by atoms with E-state index >= 15 is 0 Å². The van der Waals surface area contributed by atoms with Crippen LogP contribution < -0.4 is 0 Å². The fraction of sp³-hybridized carbons (Fsp3) is 0.556. The molecule has 2 unspecified atom stereocenters. The fourth-order valence-corrected chi connectivity index (χ4v) is 3.20. The average Bonchev–Trinajstić information content (AvgIpc) is 3.14. The molecule has 3 amide bonds. The average molecular weight is 409 g/mol. The second-order valence-corrected chi connectivity index (χ2v) is 6.87. The molecule has 156 valence electrons. The zero-order valence-electron chi connectivity index (χ0n) is 15.6. The SMILES string of the molecule is O=C(OC1C=CCCC(C(=O)ON2C(=O)CCC2=O)CC1)O[N+]1=C(O)CCC1=O. The molecule has 2 heterocycles. The molecular weight excluding hydrogens is 388 g/mol. The van der Waals surface area contributed by atoms with E-state index < -0.39 is 41.9 Å². The summed E-state index contributed by atoms with van der Waals surface area (Å²) in [7, 11) is 0. The first-order valence-electron chi connectivity index (χ1n) is 9.35. The van der Waals surface area contributed by atoms with Crippen LogP contribution in [0.5, 0.6) is 0 Å². The quantitative estimate of drug-likeness (QED) is 0.237. The molecule has 0 spiro atoms. The molecule has 1 saturated heterocycles. The molecule has 0 aromatic rings. The van der Waals surface area contributed by atoms with E-state index in [9.17, 15) is 29.1 Å². The van der Waals surface area contributed by atoms with Crippen molar-refractivity contribution in [1.29, 1.82) is 0 Å². The van der Waals surface area contributed by atoms with Gasteiger partial charge in [-0.3, -0.25) is 9.59 Å². The number of hydrogen-bond donors (Lipinski definition) is 1. The maximum absolute atomic E-state index is 12.3. The zero-order valence-corrected chi connectivity index (χ0v) is 15.6. The third-order valence-electron chi connectivity index (χ3n) is 4.79. The Hall–Kier alpha value is -3.24. The Kier molecular flexibility index (Phi) is 6.25. The van der Waals surface area contributed by atoms with Crippen molar-refractivity contribution in [3.05, 3.63) is 12.2 Å². The van der Waals surface area contributed by atoms with Gasteiger partial charge in [0.2, 0.25) is 0 Å². The summed E-state index contributed by atoms with van der Waals surface area (Å²) in [4.78, 5) is 68.6. The van der Waals surface area contributed by atoms with Crippen molar-refractivity contribution in [1.82, 2.24) is 5.06 Å². The number of rotatable bonds is 4. The van der Waals surface area contributed by atoms with E-state index in [-0.39, 0.29) is 44.4 Å². The predicted molar refractivity (Wildman–Crippen MR) is 91.8 cm³/mol. The molecular formula is C18H21N2O9+. The normalized spacial score (nSPS) is 25.1. The molecule has 3 rings (SSSR count). The van der Waals surface area contributed by atoms with Crippen LogP contribution in [0.2, 0.25) is 0 Å². The molecule has 1 aliphatic carbocycles. The Balaban J connectivity index is 1.53. The van der Waals surface area contributed by atoms with Gasteiger partial charge in [0, 0.05) is 12.8 Å². The fourth-order valence-electron chi connectivity index (χ4n) is 3.20. The number of ether oxygens (including phenoxy) is 1. The number of amides is 3. The number of aliphatic hydroxyl groups is 1. The predicted octanol–water partition coefficient (Wildman–Crippen LogP) is 1.07. The Morgan fingerprint density at radius 2 is 1.76 bits per heavy atom. The number of hydrogen-bond acceptors (Lipinski definition) is 8. The first-order valence-corrected chi connectivity index (χ1v) is 9.35. The minimum atomic E-state index is -1.16. The van der Waals surface area contributed by atoms with Crippen molar-refractivity contribution >= 4 is 35.7 Å². The minimum Gasteiger partial charge on any atom is -0.460 e. The highest BCUT2D eigenvalue weighted by Crippen LogP contribution is 2.24. The summed E-state index contributed by atoms with van der Waals surface area (Å²) in [5, 5.41) is 10.0. The Morgan fingerprint density at radius 3 is 2.41 bits per heavy atom. The number of aliphatic hydroxyl groups excluding tert-OH is 1. The lowest BCUT2D eigenvalue weighted by atomic mass is 9.93. The molecule has 29 heavy (non-hydrogen) atoms. The summed E-state index contributed by atoms with van der Waals surface area (Å²) < 4.78 is 5.64. The first kappa shape index (κ1) is 20.5. The van der Waals surface area contributed by atoms with Crippen molar-refractivity contribution < 1.29 is 48.2 Å². The van der Waals surface area contributed by atoms with E-state index in [0.29, 0.717) is 22.6 Å². The summed E-state index contributed by atoms with van der Waals surface area (Å²) in [6.45, 7) is 0. The number of nitrogens with zero attached hydrogens (tertiary/aromatic N) is 2. The molecule has 1 fully saturated rings. The molecule has 11 nitrogen and oxygen atoms in total. The molecule has 0 bridgehead atoms. The lowest BCUT2D eigenvalue weighted by Gasteiger charge is -2.21. The van der Waals surface area contributed by atoms with Gasteiger partial charge in [0.15, 0.2) is 0 Å². The van der Waals surface area contributed by atoms with Gasteiger partial charge in [0.05, 0.1) is 18.8 Å². The van der Waals surface area contributed by atoms with Crippen LogP contribution in [0.25, 0.3) is 0 Å². The molecule has 3 aliphatic rings. The van der Waals surface area contributed by atoms with Crippen molar-refractivity contribution in [3.63, 3.8) is 0 Å². The minimum absolute atomic E-state index is 0.0179. The number of imide groups is 1. The Morgan fingerprint density at radius 1 is 1.03 bits per heavy atom. The molecule has 0 aromatic heterocycles. The third-order valence-corrected chi connectivity index (χ3v) is 4.79.